The van der Waals surface area contributed by atoms with Gasteiger partial charge in [-0.05, 0) is 42.8 Å². The van der Waals surface area contributed by atoms with Gasteiger partial charge in [-0.15, -0.1) is 0 Å². The van der Waals surface area contributed by atoms with Crippen molar-refractivity contribution in [1.82, 2.24) is 5.32 Å². The van der Waals surface area contributed by atoms with Gasteiger partial charge in [0.15, 0.2) is 5.78 Å². The first-order valence-corrected chi connectivity index (χ1v) is 7.48. The Bertz CT molecular complexity index is 625. The van der Waals surface area contributed by atoms with Gasteiger partial charge in [0.05, 0.1) is 6.54 Å². The van der Waals surface area contributed by atoms with Gasteiger partial charge in [-0.25, -0.2) is 0 Å². The van der Waals surface area contributed by atoms with Gasteiger partial charge in [-0.2, -0.15) is 0 Å². The van der Waals surface area contributed by atoms with Gasteiger partial charge in [0, 0.05) is 6.54 Å². The number of benzene rings is 2. The van der Waals surface area contributed by atoms with Gasteiger partial charge in [-0.1, -0.05) is 18.2 Å². The van der Waals surface area contributed by atoms with E-state index in [0.717, 1.165) is 11.3 Å². The number of phenolic OH excluding ortho intramolecular Hbond substituents is 1. The zero-order valence-electron chi connectivity index (χ0n) is 13.1. The van der Waals surface area contributed by atoms with Crippen LogP contribution in [0.15, 0.2) is 48.5 Å². The summed E-state index contributed by atoms with van der Waals surface area (Å²) in [6.45, 7) is 3.23. The van der Waals surface area contributed by atoms with E-state index in [1.165, 1.54) is 0 Å². The fraction of sp³-hybridized carbons (Fsp3) is 0.278. The number of aryl methyl sites for hydroxylation is 1. The van der Waals surface area contributed by atoms with Crippen molar-refractivity contribution >= 4 is 5.78 Å². The smallest absolute Gasteiger partial charge is 0.183 e. The Morgan fingerprint density at radius 2 is 1.83 bits per heavy atom. The Labute approximate surface area is 135 Å². The van der Waals surface area contributed by atoms with Crippen LogP contribution in [0.25, 0.3) is 0 Å². The van der Waals surface area contributed by atoms with Crippen molar-refractivity contribution in [1.29, 1.82) is 0 Å². The third-order valence-electron chi connectivity index (χ3n) is 3.19. The summed E-state index contributed by atoms with van der Waals surface area (Å²) in [7, 11) is 0. The van der Waals surface area contributed by atoms with E-state index in [1.807, 2.05) is 31.2 Å². The largest absolute Gasteiger partial charge is 0.508 e. The number of Topliss-reactive ketones (excluding diaryl/α,β-unsaturated/α-hetero) is 1. The first-order chi connectivity index (χ1) is 11.1. The number of hydrogen-bond acceptors (Lipinski definition) is 5. The molecule has 23 heavy (non-hydrogen) atoms. The Morgan fingerprint density at radius 1 is 1.09 bits per heavy atom. The molecule has 0 amide bonds. The maximum Gasteiger partial charge on any atom is 0.183 e. The Hall–Kier alpha value is -2.53. The summed E-state index contributed by atoms with van der Waals surface area (Å²) in [5.74, 6) is 1.60. The molecule has 0 spiro atoms. The summed E-state index contributed by atoms with van der Waals surface area (Å²) in [5, 5.41) is 12.2. The normalized spacial score (nSPS) is 10.3. The number of ether oxygens (including phenoxy) is 2. The Kier molecular flexibility index (Phi) is 6.44. The van der Waals surface area contributed by atoms with E-state index in [0.29, 0.717) is 18.9 Å². The van der Waals surface area contributed by atoms with Crippen molar-refractivity contribution in [2.75, 3.05) is 26.3 Å². The molecule has 0 fully saturated rings. The van der Waals surface area contributed by atoms with Gasteiger partial charge in [-0.3, -0.25) is 4.79 Å². The SMILES string of the molecule is Cc1ccccc1OCC(=O)CNCCOc1ccc(O)cc1. The van der Waals surface area contributed by atoms with E-state index in [2.05, 4.69) is 5.32 Å². The van der Waals surface area contributed by atoms with Crippen LogP contribution in [-0.2, 0) is 4.79 Å². The maximum atomic E-state index is 11.7. The summed E-state index contributed by atoms with van der Waals surface area (Å²) in [6.07, 6.45) is 0. The average molecular weight is 315 g/mol. The number of rotatable bonds is 9. The van der Waals surface area contributed by atoms with E-state index in [1.54, 1.807) is 24.3 Å². The lowest BCUT2D eigenvalue weighted by atomic mass is 10.2. The summed E-state index contributed by atoms with van der Waals surface area (Å²) < 4.78 is 11.0. The van der Waals surface area contributed by atoms with Crippen LogP contribution < -0.4 is 14.8 Å². The zero-order valence-corrected chi connectivity index (χ0v) is 13.1. The van der Waals surface area contributed by atoms with Crippen LogP contribution in [0.5, 0.6) is 17.2 Å². The lowest BCUT2D eigenvalue weighted by Crippen LogP contribution is -2.30. The highest BCUT2D eigenvalue weighted by Gasteiger charge is 2.04. The van der Waals surface area contributed by atoms with Gasteiger partial charge >= 0.3 is 0 Å². The van der Waals surface area contributed by atoms with Crippen LogP contribution in [0.4, 0.5) is 0 Å². The summed E-state index contributed by atoms with van der Waals surface area (Å²) in [5.41, 5.74) is 1.01. The monoisotopic (exact) mass is 315 g/mol. The van der Waals surface area contributed by atoms with Crippen molar-refractivity contribution in [3.8, 4) is 17.2 Å². The van der Waals surface area contributed by atoms with Crippen molar-refractivity contribution in [2.45, 2.75) is 6.92 Å². The molecule has 122 valence electrons. The molecule has 0 aliphatic rings. The van der Waals surface area contributed by atoms with E-state index < -0.39 is 0 Å². The quantitative estimate of drug-likeness (QED) is 0.695. The second kappa shape index (κ2) is 8.80. The molecule has 0 bridgehead atoms. The molecule has 2 aromatic rings. The molecule has 0 heterocycles. The molecular weight excluding hydrogens is 294 g/mol. The molecule has 0 unspecified atom stereocenters. The third kappa shape index (κ3) is 6.00. The zero-order chi connectivity index (χ0) is 16.5. The molecule has 5 nitrogen and oxygen atoms in total. The molecule has 0 saturated heterocycles. The minimum Gasteiger partial charge on any atom is -0.508 e. The highest BCUT2D eigenvalue weighted by molar-refractivity contribution is 5.82. The van der Waals surface area contributed by atoms with Crippen molar-refractivity contribution in [3.63, 3.8) is 0 Å². The summed E-state index contributed by atoms with van der Waals surface area (Å²) >= 11 is 0. The predicted octanol–water partition coefficient (Wildman–Crippen LogP) is 2.32. The van der Waals surface area contributed by atoms with Gasteiger partial charge in [0.1, 0.15) is 30.5 Å². The molecule has 0 aliphatic carbocycles. The van der Waals surface area contributed by atoms with E-state index in [4.69, 9.17) is 14.6 Å². The lowest BCUT2D eigenvalue weighted by molar-refractivity contribution is -0.120. The summed E-state index contributed by atoms with van der Waals surface area (Å²) in [6, 6.07) is 14.1. The minimum atomic E-state index is -0.0158. The highest BCUT2D eigenvalue weighted by atomic mass is 16.5. The topological polar surface area (TPSA) is 67.8 Å². The fourth-order valence-electron chi connectivity index (χ4n) is 1.94. The molecule has 0 radical (unpaired) electrons. The molecule has 0 atom stereocenters. The molecular formula is C18H21NO4. The predicted molar refractivity (Wildman–Crippen MR) is 88.2 cm³/mol. The molecule has 0 aliphatic heterocycles. The number of para-hydroxylation sites is 1. The standard InChI is InChI=1S/C18H21NO4/c1-14-4-2-3-5-18(14)23-13-16(21)12-19-10-11-22-17-8-6-15(20)7-9-17/h2-9,19-20H,10-13H2,1H3. The van der Waals surface area contributed by atoms with Crippen LogP contribution in [0.3, 0.4) is 0 Å². The number of carbonyl (C=O) groups is 1. The van der Waals surface area contributed by atoms with Crippen LogP contribution in [-0.4, -0.2) is 37.2 Å². The minimum absolute atomic E-state index is 0.0158. The van der Waals surface area contributed by atoms with Crippen molar-refractivity contribution < 1.29 is 19.4 Å². The molecule has 0 saturated carbocycles. The number of phenols is 1. The number of ketones is 1. The van der Waals surface area contributed by atoms with E-state index in [-0.39, 0.29) is 24.7 Å². The second-order valence-electron chi connectivity index (χ2n) is 5.11. The first kappa shape index (κ1) is 16.8. The van der Waals surface area contributed by atoms with Crippen LogP contribution in [0.1, 0.15) is 5.56 Å². The third-order valence-corrected chi connectivity index (χ3v) is 3.19. The van der Waals surface area contributed by atoms with Crippen LogP contribution >= 0.6 is 0 Å². The average Bonchev–Trinajstić information content (AvgIpc) is 2.55. The molecule has 2 rings (SSSR count). The number of hydrogen-bond donors (Lipinski definition) is 2. The fourth-order valence-corrected chi connectivity index (χ4v) is 1.94. The van der Waals surface area contributed by atoms with Gasteiger partial charge in [0.2, 0.25) is 0 Å². The molecule has 2 N–H and O–H groups in total. The van der Waals surface area contributed by atoms with Crippen LogP contribution in [0.2, 0.25) is 0 Å². The van der Waals surface area contributed by atoms with Crippen molar-refractivity contribution in [2.24, 2.45) is 0 Å². The molecule has 0 aromatic heterocycles. The summed E-state index contributed by atoms with van der Waals surface area (Å²) in [4.78, 5) is 11.7. The number of aromatic hydroxyl groups is 1. The Balaban J connectivity index is 1.58. The van der Waals surface area contributed by atoms with E-state index in [9.17, 15) is 4.79 Å². The van der Waals surface area contributed by atoms with Crippen LogP contribution in [0, 0.1) is 6.92 Å². The maximum absolute atomic E-state index is 11.7. The highest BCUT2D eigenvalue weighted by Crippen LogP contribution is 2.16. The Morgan fingerprint density at radius 3 is 2.57 bits per heavy atom. The second-order valence-corrected chi connectivity index (χ2v) is 5.11. The lowest BCUT2D eigenvalue weighted by Gasteiger charge is -2.09. The molecule has 2 aromatic carbocycles. The van der Waals surface area contributed by atoms with Crippen molar-refractivity contribution in [3.05, 3.63) is 54.1 Å². The number of nitrogens with one attached hydrogen (secondary N) is 1. The molecule has 5 heteroatoms. The van der Waals surface area contributed by atoms with Gasteiger partial charge < -0.3 is 19.9 Å². The number of carbonyl (C=O) groups excluding carboxylic acids is 1. The van der Waals surface area contributed by atoms with E-state index >= 15 is 0 Å². The first-order valence-electron chi connectivity index (χ1n) is 7.48. The van der Waals surface area contributed by atoms with Gasteiger partial charge in [0.25, 0.3) is 0 Å².